The summed E-state index contributed by atoms with van der Waals surface area (Å²) in [7, 11) is 0. The molecule has 0 unspecified atom stereocenters. The summed E-state index contributed by atoms with van der Waals surface area (Å²) in [6, 6.07) is 6.15. The molecule has 0 amide bonds. The Hall–Kier alpha value is -1.70. The van der Waals surface area contributed by atoms with Crippen LogP contribution in [0.3, 0.4) is 0 Å². The molecule has 0 aliphatic carbocycles. The summed E-state index contributed by atoms with van der Waals surface area (Å²) in [5, 5.41) is 4.72. The number of hydrogen-bond donors (Lipinski definition) is 1. The highest BCUT2D eigenvalue weighted by atomic mass is 16.3. The molecule has 3 rings (SSSR count). The van der Waals surface area contributed by atoms with Crippen molar-refractivity contribution in [3.63, 3.8) is 0 Å². The van der Waals surface area contributed by atoms with Gasteiger partial charge < -0.3 is 9.73 Å². The van der Waals surface area contributed by atoms with Gasteiger partial charge in [-0.2, -0.15) is 0 Å². The Bertz CT molecular complexity index is 590. The quantitative estimate of drug-likeness (QED) is 0.714. The van der Waals surface area contributed by atoms with Gasteiger partial charge in [-0.25, -0.2) is 0 Å². The lowest BCUT2D eigenvalue weighted by Crippen LogP contribution is -2.31. The van der Waals surface area contributed by atoms with Crippen molar-refractivity contribution in [1.82, 2.24) is 0 Å². The lowest BCUT2D eigenvalue weighted by Gasteiger charge is -2.31. The van der Waals surface area contributed by atoms with Crippen molar-refractivity contribution < 1.29 is 4.42 Å². The normalized spacial score (nSPS) is 17.8. The summed E-state index contributed by atoms with van der Waals surface area (Å²) in [6.45, 7) is 6.52. The van der Waals surface area contributed by atoms with Crippen LogP contribution in [0.1, 0.15) is 26.3 Å². The smallest absolute Gasteiger partial charge is 0.134 e. The first-order chi connectivity index (χ1) is 7.57. The molecule has 0 fully saturated rings. The molecule has 1 aliphatic rings. The van der Waals surface area contributed by atoms with Gasteiger partial charge in [-0.1, -0.05) is 6.08 Å². The Kier molecular flexibility index (Phi) is 1.73. The van der Waals surface area contributed by atoms with Crippen LogP contribution in [0.15, 0.2) is 35.0 Å². The molecule has 82 valence electrons. The standard InChI is InChI=1S/C14H15NO/c1-9-8-14(2,3)15-11-4-5-12-10(13(9)11)6-7-16-12/h4-8,15H,1-3H3. The Balaban J connectivity index is 2.34. The van der Waals surface area contributed by atoms with Gasteiger partial charge in [0.05, 0.1) is 11.8 Å². The topological polar surface area (TPSA) is 25.2 Å². The minimum absolute atomic E-state index is 0.0223. The monoisotopic (exact) mass is 213 g/mol. The number of fused-ring (bicyclic) bond motifs is 3. The van der Waals surface area contributed by atoms with Gasteiger partial charge in [0.2, 0.25) is 0 Å². The van der Waals surface area contributed by atoms with Crippen LogP contribution in [0.5, 0.6) is 0 Å². The van der Waals surface area contributed by atoms with Gasteiger partial charge in [0.1, 0.15) is 5.58 Å². The first-order valence-corrected chi connectivity index (χ1v) is 5.55. The molecule has 2 aromatic rings. The van der Waals surface area contributed by atoms with Crippen molar-refractivity contribution in [1.29, 1.82) is 0 Å². The van der Waals surface area contributed by atoms with E-state index in [0.717, 1.165) is 5.58 Å². The van der Waals surface area contributed by atoms with E-state index in [1.807, 2.05) is 12.1 Å². The Morgan fingerprint density at radius 1 is 1.19 bits per heavy atom. The third kappa shape index (κ3) is 1.26. The van der Waals surface area contributed by atoms with Crippen molar-refractivity contribution in [2.45, 2.75) is 26.3 Å². The van der Waals surface area contributed by atoms with Gasteiger partial charge in [0.15, 0.2) is 0 Å². The van der Waals surface area contributed by atoms with Crippen LogP contribution in [0.2, 0.25) is 0 Å². The van der Waals surface area contributed by atoms with E-state index in [1.165, 1.54) is 22.2 Å². The molecule has 0 saturated carbocycles. The molecule has 1 aromatic carbocycles. The van der Waals surface area contributed by atoms with Gasteiger partial charge in [-0.15, -0.1) is 0 Å². The Labute approximate surface area is 95.0 Å². The van der Waals surface area contributed by atoms with Crippen molar-refractivity contribution in [2.24, 2.45) is 0 Å². The summed E-state index contributed by atoms with van der Waals surface area (Å²) < 4.78 is 5.43. The van der Waals surface area contributed by atoms with Gasteiger partial charge in [0.25, 0.3) is 0 Å². The molecule has 1 aromatic heterocycles. The van der Waals surface area contributed by atoms with Gasteiger partial charge in [-0.3, -0.25) is 0 Å². The van der Waals surface area contributed by atoms with E-state index in [2.05, 4.69) is 38.2 Å². The Morgan fingerprint density at radius 3 is 2.81 bits per heavy atom. The number of benzene rings is 1. The largest absolute Gasteiger partial charge is 0.464 e. The van der Waals surface area contributed by atoms with E-state index in [1.54, 1.807) is 6.26 Å². The van der Waals surface area contributed by atoms with E-state index in [-0.39, 0.29) is 5.54 Å². The Morgan fingerprint density at radius 2 is 2.00 bits per heavy atom. The van der Waals surface area contributed by atoms with Crippen LogP contribution < -0.4 is 5.32 Å². The van der Waals surface area contributed by atoms with Crippen LogP contribution >= 0.6 is 0 Å². The van der Waals surface area contributed by atoms with Crippen molar-refractivity contribution in [2.75, 3.05) is 5.32 Å². The highest BCUT2D eigenvalue weighted by Gasteiger charge is 2.24. The predicted molar refractivity (Wildman–Crippen MR) is 67.6 cm³/mol. The summed E-state index contributed by atoms with van der Waals surface area (Å²) in [6.07, 6.45) is 4.01. The second-order valence-corrected chi connectivity index (χ2v) is 4.99. The molecule has 16 heavy (non-hydrogen) atoms. The van der Waals surface area contributed by atoms with Crippen LogP contribution in [-0.4, -0.2) is 5.54 Å². The maximum absolute atomic E-state index is 5.43. The van der Waals surface area contributed by atoms with Crippen LogP contribution in [0.4, 0.5) is 5.69 Å². The van der Waals surface area contributed by atoms with Crippen LogP contribution in [-0.2, 0) is 0 Å². The molecule has 1 N–H and O–H groups in total. The zero-order valence-corrected chi connectivity index (χ0v) is 9.79. The van der Waals surface area contributed by atoms with Gasteiger partial charge in [-0.05, 0) is 44.5 Å². The lowest BCUT2D eigenvalue weighted by atomic mass is 9.90. The molecule has 2 heterocycles. The summed E-state index contributed by atoms with van der Waals surface area (Å²) >= 11 is 0. The van der Waals surface area contributed by atoms with Crippen LogP contribution in [0.25, 0.3) is 16.5 Å². The zero-order chi connectivity index (χ0) is 11.3. The molecular formula is C14H15NO. The minimum Gasteiger partial charge on any atom is -0.464 e. The molecule has 2 nitrogen and oxygen atoms in total. The summed E-state index contributed by atoms with van der Waals surface area (Å²) in [5.41, 5.74) is 4.75. The van der Waals surface area contributed by atoms with E-state index in [4.69, 9.17) is 4.42 Å². The molecule has 0 spiro atoms. The van der Waals surface area contributed by atoms with Crippen molar-refractivity contribution >= 4 is 22.2 Å². The second-order valence-electron chi connectivity index (χ2n) is 4.99. The highest BCUT2D eigenvalue weighted by molar-refractivity contribution is 5.98. The summed E-state index contributed by atoms with van der Waals surface area (Å²) in [5.74, 6) is 0. The molecule has 1 aliphatic heterocycles. The first kappa shape index (κ1) is 9.52. The van der Waals surface area contributed by atoms with Crippen molar-refractivity contribution in [3.8, 4) is 0 Å². The predicted octanol–water partition coefficient (Wildman–Crippen LogP) is 4.04. The molecule has 0 atom stereocenters. The molecule has 0 radical (unpaired) electrons. The van der Waals surface area contributed by atoms with Gasteiger partial charge in [0, 0.05) is 16.6 Å². The minimum atomic E-state index is 0.0223. The molecule has 2 heteroatoms. The number of anilines is 1. The van der Waals surface area contributed by atoms with E-state index < -0.39 is 0 Å². The van der Waals surface area contributed by atoms with Crippen molar-refractivity contribution in [3.05, 3.63) is 36.1 Å². The van der Waals surface area contributed by atoms with E-state index in [0.29, 0.717) is 0 Å². The molecular weight excluding hydrogens is 198 g/mol. The highest BCUT2D eigenvalue weighted by Crippen LogP contribution is 2.38. The fraction of sp³-hybridized carbons (Fsp3) is 0.286. The number of allylic oxidation sites excluding steroid dienone is 1. The SMILES string of the molecule is CC1=CC(C)(C)Nc2ccc3occc3c21. The number of hydrogen-bond acceptors (Lipinski definition) is 2. The summed E-state index contributed by atoms with van der Waals surface area (Å²) in [4.78, 5) is 0. The number of nitrogens with one attached hydrogen (secondary N) is 1. The zero-order valence-electron chi connectivity index (χ0n) is 9.79. The second kappa shape index (κ2) is 2.91. The lowest BCUT2D eigenvalue weighted by molar-refractivity contribution is 0.615. The maximum Gasteiger partial charge on any atom is 0.134 e. The van der Waals surface area contributed by atoms with Crippen LogP contribution in [0, 0.1) is 0 Å². The van der Waals surface area contributed by atoms with Gasteiger partial charge >= 0.3 is 0 Å². The van der Waals surface area contributed by atoms with E-state index >= 15 is 0 Å². The molecule has 0 saturated heterocycles. The first-order valence-electron chi connectivity index (χ1n) is 5.55. The fourth-order valence-corrected chi connectivity index (χ4v) is 2.57. The third-order valence-electron chi connectivity index (χ3n) is 3.06. The third-order valence-corrected chi connectivity index (χ3v) is 3.06. The average Bonchev–Trinajstić information content (AvgIpc) is 2.62. The van der Waals surface area contributed by atoms with E-state index in [9.17, 15) is 0 Å². The fourth-order valence-electron chi connectivity index (χ4n) is 2.57. The average molecular weight is 213 g/mol. The molecule has 0 bridgehead atoms. The number of furan rings is 1. The maximum atomic E-state index is 5.43. The number of rotatable bonds is 0.